The molecule has 1 aliphatic carbocycles. The van der Waals surface area contributed by atoms with Gasteiger partial charge in [-0.3, -0.25) is 4.79 Å². The Morgan fingerprint density at radius 2 is 2.60 bits per heavy atom. The summed E-state index contributed by atoms with van der Waals surface area (Å²) < 4.78 is 0. The summed E-state index contributed by atoms with van der Waals surface area (Å²) in [6.45, 7) is 1.98. The number of ketones is 1. The molecule has 1 unspecified atom stereocenters. The van der Waals surface area contributed by atoms with E-state index in [0.717, 1.165) is 12.8 Å². The first-order valence-corrected chi connectivity index (χ1v) is 3.66. The van der Waals surface area contributed by atoms with Crippen molar-refractivity contribution in [3.63, 3.8) is 0 Å². The smallest absolute Gasteiger partial charge is 0.159 e. The van der Waals surface area contributed by atoms with Gasteiger partial charge >= 0.3 is 0 Å². The van der Waals surface area contributed by atoms with Gasteiger partial charge in [0.25, 0.3) is 0 Å². The molecular weight excluding hydrogens is 124 g/mol. The van der Waals surface area contributed by atoms with Crippen molar-refractivity contribution in [1.82, 2.24) is 0 Å². The Labute approximate surface area is 61.4 Å². The zero-order chi connectivity index (χ0) is 7.40. The van der Waals surface area contributed by atoms with Gasteiger partial charge in [0.15, 0.2) is 5.78 Å². The van der Waals surface area contributed by atoms with Gasteiger partial charge in [0.05, 0.1) is 0 Å². The lowest BCUT2D eigenvalue weighted by molar-refractivity contribution is -0.117. The van der Waals surface area contributed by atoms with Crippen LogP contribution in [0.25, 0.3) is 0 Å². The van der Waals surface area contributed by atoms with Crippen LogP contribution in [0.2, 0.25) is 0 Å². The molecule has 1 heteroatoms. The summed E-state index contributed by atoms with van der Waals surface area (Å²) in [7, 11) is 0. The van der Waals surface area contributed by atoms with Gasteiger partial charge in [0, 0.05) is 5.92 Å². The molecule has 0 aromatic rings. The Morgan fingerprint density at radius 3 is 3.10 bits per heavy atom. The van der Waals surface area contributed by atoms with Crippen LogP contribution in [0.1, 0.15) is 19.8 Å². The Bertz CT molecular complexity index is 177. The van der Waals surface area contributed by atoms with Crippen molar-refractivity contribution in [2.24, 2.45) is 5.92 Å². The highest BCUT2D eigenvalue weighted by atomic mass is 16.1. The molecule has 0 radical (unpaired) electrons. The molecule has 0 saturated heterocycles. The largest absolute Gasteiger partial charge is 0.295 e. The molecule has 0 aromatic heterocycles. The van der Waals surface area contributed by atoms with Crippen LogP contribution in [-0.2, 0) is 4.79 Å². The summed E-state index contributed by atoms with van der Waals surface area (Å²) in [4.78, 5) is 11.0. The van der Waals surface area contributed by atoms with E-state index in [1.807, 2.05) is 19.1 Å². The van der Waals surface area contributed by atoms with E-state index in [9.17, 15) is 4.79 Å². The average Bonchev–Trinajstić information content (AvgIpc) is 2.31. The third-order valence-electron chi connectivity index (χ3n) is 1.76. The summed E-state index contributed by atoms with van der Waals surface area (Å²) in [6, 6.07) is 0. The predicted octanol–water partition coefficient (Wildman–Crippen LogP) is 2.10. The van der Waals surface area contributed by atoms with Gasteiger partial charge < -0.3 is 0 Å². The Hall–Kier alpha value is -0.850. The second kappa shape index (κ2) is 3.35. The number of carbonyl (C=O) groups is 1. The molecule has 10 heavy (non-hydrogen) atoms. The monoisotopic (exact) mass is 136 g/mol. The molecule has 54 valence electrons. The molecule has 1 nitrogen and oxygen atoms in total. The molecule has 0 spiro atoms. The number of carbonyl (C=O) groups excluding carboxylic acids is 1. The van der Waals surface area contributed by atoms with E-state index in [2.05, 4.69) is 6.08 Å². The van der Waals surface area contributed by atoms with Gasteiger partial charge in [-0.15, -0.1) is 0 Å². The molecule has 1 atom stereocenters. The van der Waals surface area contributed by atoms with Crippen LogP contribution in [0.15, 0.2) is 24.3 Å². The number of rotatable bonds is 2. The Morgan fingerprint density at radius 1 is 1.80 bits per heavy atom. The summed E-state index contributed by atoms with van der Waals surface area (Å²) in [6.07, 6.45) is 9.53. The lowest BCUT2D eigenvalue weighted by Crippen LogP contribution is -2.04. The molecule has 0 heterocycles. The van der Waals surface area contributed by atoms with Crippen molar-refractivity contribution >= 4 is 5.78 Å². The maximum Gasteiger partial charge on any atom is 0.159 e. The minimum absolute atomic E-state index is 0.246. The van der Waals surface area contributed by atoms with Crippen molar-refractivity contribution in [3.05, 3.63) is 24.3 Å². The van der Waals surface area contributed by atoms with E-state index in [0.29, 0.717) is 0 Å². The van der Waals surface area contributed by atoms with Crippen molar-refractivity contribution in [2.75, 3.05) is 0 Å². The molecule has 0 N–H and O–H groups in total. The molecule has 0 amide bonds. The quantitative estimate of drug-likeness (QED) is 0.531. The summed E-state index contributed by atoms with van der Waals surface area (Å²) in [5, 5.41) is 0. The second-order valence-corrected chi connectivity index (χ2v) is 2.54. The number of allylic oxidation sites excluding steroid dienone is 4. The predicted molar refractivity (Wildman–Crippen MR) is 41.7 cm³/mol. The minimum atomic E-state index is 0.246. The first kappa shape index (κ1) is 7.26. The Balaban J connectivity index is 2.37. The van der Waals surface area contributed by atoms with E-state index in [-0.39, 0.29) is 11.7 Å². The van der Waals surface area contributed by atoms with Crippen LogP contribution < -0.4 is 0 Å². The fourth-order valence-electron chi connectivity index (χ4n) is 1.11. The summed E-state index contributed by atoms with van der Waals surface area (Å²) in [5.74, 6) is 0.536. The molecule has 0 fully saturated rings. The van der Waals surface area contributed by atoms with Crippen molar-refractivity contribution in [1.29, 1.82) is 0 Å². The van der Waals surface area contributed by atoms with E-state index < -0.39 is 0 Å². The summed E-state index contributed by atoms with van der Waals surface area (Å²) in [5.41, 5.74) is 0. The van der Waals surface area contributed by atoms with E-state index in [1.54, 1.807) is 6.08 Å². The molecule has 0 aromatic carbocycles. The maximum absolute atomic E-state index is 11.0. The van der Waals surface area contributed by atoms with E-state index in [4.69, 9.17) is 0 Å². The van der Waals surface area contributed by atoms with E-state index in [1.165, 1.54) is 0 Å². The van der Waals surface area contributed by atoms with Crippen LogP contribution in [0.3, 0.4) is 0 Å². The van der Waals surface area contributed by atoms with Crippen LogP contribution in [0, 0.1) is 5.92 Å². The van der Waals surface area contributed by atoms with Gasteiger partial charge in [-0.25, -0.2) is 0 Å². The fraction of sp³-hybridized carbons (Fsp3) is 0.444. The van der Waals surface area contributed by atoms with Gasteiger partial charge in [0.2, 0.25) is 0 Å². The molecule has 0 saturated carbocycles. The lowest BCUT2D eigenvalue weighted by atomic mass is 10.0. The maximum atomic E-state index is 11.0. The van der Waals surface area contributed by atoms with Crippen LogP contribution >= 0.6 is 0 Å². The SMILES string of the molecule is CC=CCC1CC=CC1=O. The highest BCUT2D eigenvalue weighted by Gasteiger charge is 2.16. The first-order valence-electron chi connectivity index (χ1n) is 3.66. The molecular formula is C9H12O. The highest BCUT2D eigenvalue weighted by molar-refractivity contribution is 5.94. The number of hydrogen-bond acceptors (Lipinski definition) is 1. The third-order valence-corrected chi connectivity index (χ3v) is 1.76. The minimum Gasteiger partial charge on any atom is -0.295 e. The van der Waals surface area contributed by atoms with E-state index >= 15 is 0 Å². The van der Waals surface area contributed by atoms with Crippen LogP contribution in [0.4, 0.5) is 0 Å². The topological polar surface area (TPSA) is 17.1 Å². The zero-order valence-electron chi connectivity index (χ0n) is 6.21. The number of hydrogen-bond donors (Lipinski definition) is 0. The van der Waals surface area contributed by atoms with Gasteiger partial charge in [-0.1, -0.05) is 18.2 Å². The summed E-state index contributed by atoms with van der Waals surface area (Å²) >= 11 is 0. The normalized spacial score (nSPS) is 24.9. The van der Waals surface area contributed by atoms with Crippen LogP contribution in [-0.4, -0.2) is 5.78 Å². The standard InChI is InChI=1S/C9H12O/c1-2-3-5-8-6-4-7-9(8)10/h2-4,7-8H,5-6H2,1H3. The van der Waals surface area contributed by atoms with Gasteiger partial charge in [-0.2, -0.15) is 0 Å². The van der Waals surface area contributed by atoms with Crippen LogP contribution in [0.5, 0.6) is 0 Å². The molecule has 1 aliphatic rings. The highest BCUT2D eigenvalue weighted by Crippen LogP contribution is 2.17. The molecule has 0 bridgehead atoms. The zero-order valence-corrected chi connectivity index (χ0v) is 6.21. The third kappa shape index (κ3) is 1.56. The van der Waals surface area contributed by atoms with Gasteiger partial charge in [0.1, 0.15) is 0 Å². The van der Waals surface area contributed by atoms with Crippen molar-refractivity contribution in [3.8, 4) is 0 Å². The average molecular weight is 136 g/mol. The Kier molecular flexibility index (Phi) is 2.43. The van der Waals surface area contributed by atoms with Crippen molar-refractivity contribution in [2.45, 2.75) is 19.8 Å². The first-order chi connectivity index (χ1) is 4.84. The fourth-order valence-corrected chi connectivity index (χ4v) is 1.11. The molecule has 1 rings (SSSR count). The lowest BCUT2D eigenvalue weighted by Gasteiger charge is -2.01. The second-order valence-electron chi connectivity index (χ2n) is 2.54. The molecule has 0 aliphatic heterocycles. The van der Waals surface area contributed by atoms with Gasteiger partial charge in [-0.05, 0) is 25.8 Å². The van der Waals surface area contributed by atoms with Crippen molar-refractivity contribution < 1.29 is 4.79 Å².